The second-order valence-electron chi connectivity index (χ2n) is 9.20. The summed E-state index contributed by atoms with van der Waals surface area (Å²) in [5, 5.41) is 3.11. The molecule has 1 aliphatic heterocycles. The molecule has 0 fully saturated rings. The Labute approximate surface area is 183 Å². The van der Waals surface area contributed by atoms with Gasteiger partial charge in [0.1, 0.15) is 17.2 Å². The van der Waals surface area contributed by atoms with Crippen molar-refractivity contribution in [2.75, 3.05) is 5.32 Å². The molecule has 1 amide bonds. The standard InChI is InChI=1S/C27H28FNO2/c1-16-10-18(3)25(29-24(30)14-19-6-8-21(28)9-7-19)22(12-16)23-13-17(2)11-20-15-27(4,5)31-26(20)23/h6-13H,14-15H2,1-5H3,(H,29,30). The van der Waals surface area contributed by atoms with E-state index in [0.29, 0.717) is 0 Å². The first-order valence-corrected chi connectivity index (χ1v) is 10.6. The summed E-state index contributed by atoms with van der Waals surface area (Å²) in [6.45, 7) is 10.3. The van der Waals surface area contributed by atoms with Gasteiger partial charge in [-0.15, -0.1) is 0 Å². The number of carbonyl (C=O) groups excluding carboxylic acids is 1. The van der Waals surface area contributed by atoms with Crippen molar-refractivity contribution in [2.45, 2.75) is 53.1 Å². The molecule has 0 atom stereocenters. The van der Waals surface area contributed by atoms with Crippen LogP contribution in [0.2, 0.25) is 0 Å². The monoisotopic (exact) mass is 417 g/mol. The summed E-state index contributed by atoms with van der Waals surface area (Å²) in [5.74, 6) is 0.456. The molecule has 0 bridgehead atoms. The molecule has 0 spiro atoms. The first kappa shape index (κ1) is 21.1. The molecule has 0 radical (unpaired) electrons. The van der Waals surface area contributed by atoms with Gasteiger partial charge in [-0.2, -0.15) is 0 Å². The van der Waals surface area contributed by atoms with Gasteiger partial charge in [0.05, 0.1) is 12.1 Å². The van der Waals surface area contributed by atoms with E-state index in [0.717, 1.165) is 51.2 Å². The number of carbonyl (C=O) groups is 1. The Morgan fingerprint density at radius 1 is 1.00 bits per heavy atom. The number of anilines is 1. The van der Waals surface area contributed by atoms with Crippen LogP contribution in [0.1, 0.15) is 41.7 Å². The molecule has 31 heavy (non-hydrogen) atoms. The maximum Gasteiger partial charge on any atom is 0.228 e. The van der Waals surface area contributed by atoms with E-state index in [1.807, 2.05) is 6.92 Å². The molecule has 0 saturated heterocycles. The van der Waals surface area contributed by atoms with Crippen molar-refractivity contribution in [2.24, 2.45) is 0 Å². The highest BCUT2D eigenvalue weighted by molar-refractivity contribution is 5.98. The van der Waals surface area contributed by atoms with Crippen molar-refractivity contribution in [3.8, 4) is 16.9 Å². The number of aryl methyl sites for hydroxylation is 3. The lowest BCUT2D eigenvalue weighted by atomic mass is 9.92. The van der Waals surface area contributed by atoms with Crippen LogP contribution in [0, 0.1) is 26.6 Å². The summed E-state index contributed by atoms with van der Waals surface area (Å²) in [6.07, 6.45) is 1.04. The minimum Gasteiger partial charge on any atom is -0.487 e. The lowest BCUT2D eigenvalue weighted by Gasteiger charge is -2.21. The van der Waals surface area contributed by atoms with Gasteiger partial charge in [-0.05, 0) is 81.1 Å². The van der Waals surface area contributed by atoms with E-state index in [1.54, 1.807) is 12.1 Å². The lowest BCUT2D eigenvalue weighted by molar-refractivity contribution is -0.115. The maximum atomic E-state index is 13.2. The molecule has 1 N–H and O–H groups in total. The first-order valence-electron chi connectivity index (χ1n) is 10.6. The van der Waals surface area contributed by atoms with Gasteiger partial charge in [0.15, 0.2) is 0 Å². The second kappa shape index (κ2) is 7.84. The average Bonchev–Trinajstić information content (AvgIpc) is 2.98. The quantitative estimate of drug-likeness (QED) is 0.540. The van der Waals surface area contributed by atoms with Crippen molar-refractivity contribution in [3.63, 3.8) is 0 Å². The number of halogens is 1. The number of fused-ring (bicyclic) bond motifs is 1. The molecule has 0 aliphatic carbocycles. The van der Waals surface area contributed by atoms with E-state index in [-0.39, 0.29) is 23.7 Å². The van der Waals surface area contributed by atoms with Crippen LogP contribution in [0.4, 0.5) is 10.1 Å². The van der Waals surface area contributed by atoms with E-state index in [1.165, 1.54) is 17.7 Å². The minimum absolute atomic E-state index is 0.134. The van der Waals surface area contributed by atoms with Crippen LogP contribution in [0.25, 0.3) is 11.1 Å². The number of benzene rings is 3. The summed E-state index contributed by atoms with van der Waals surface area (Å²) in [4.78, 5) is 12.9. The number of hydrogen-bond acceptors (Lipinski definition) is 2. The molecular weight excluding hydrogens is 389 g/mol. The molecule has 1 aliphatic rings. The summed E-state index contributed by atoms with van der Waals surface area (Å²) < 4.78 is 19.5. The van der Waals surface area contributed by atoms with Crippen molar-refractivity contribution in [3.05, 3.63) is 82.2 Å². The minimum atomic E-state index is -0.308. The molecule has 4 rings (SSSR count). The summed E-state index contributed by atoms with van der Waals surface area (Å²) in [6, 6.07) is 14.5. The van der Waals surface area contributed by atoms with E-state index in [9.17, 15) is 9.18 Å². The van der Waals surface area contributed by atoms with Gasteiger partial charge in [0, 0.05) is 17.5 Å². The predicted octanol–water partition coefficient (Wildman–Crippen LogP) is 6.31. The van der Waals surface area contributed by atoms with Gasteiger partial charge in [0.25, 0.3) is 0 Å². The predicted molar refractivity (Wildman–Crippen MR) is 123 cm³/mol. The highest BCUT2D eigenvalue weighted by Gasteiger charge is 2.33. The Hall–Kier alpha value is -3.14. The molecule has 1 heterocycles. The summed E-state index contributed by atoms with van der Waals surface area (Å²) in [7, 11) is 0. The number of ether oxygens (including phenoxy) is 1. The zero-order chi connectivity index (χ0) is 22.3. The third kappa shape index (κ3) is 4.48. The maximum absolute atomic E-state index is 13.2. The SMILES string of the molecule is Cc1cc(C)c(NC(=O)Cc2ccc(F)cc2)c(-c2cc(C)cc3c2OC(C)(C)C3)c1. The average molecular weight is 418 g/mol. The Balaban J connectivity index is 1.74. The molecule has 0 unspecified atom stereocenters. The van der Waals surface area contributed by atoms with Crippen LogP contribution >= 0.6 is 0 Å². The molecule has 160 valence electrons. The molecule has 0 saturated carbocycles. The number of amides is 1. The smallest absolute Gasteiger partial charge is 0.228 e. The molecule has 3 nitrogen and oxygen atoms in total. The van der Waals surface area contributed by atoms with Crippen LogP contribution in [0.3, 0.4) is 0 Å². The zero-order valence-electron chi connectivity index (χ0n) is 18.7. The topological polar surface area (TPSA) is 38.3 Å². The Bertz CT molecular complexity index is 1160. The lowest BCUT2D eigenvalue weighted by Crippen LogP contribution is -2.24. The fourth-order valence-electron chi connectivity index (χ4n) is 4.39. The van der Waals surface area contributed by atoms with Crippen LogP contribution in [-0.2, 0) is 17.6 Å². The van der Waals surface area contributed by atoms with Crippen molar-refractivity contribution in [1.82, 2.24) is 0 Å². The van der Waals surface area contributed by atoms with E-state index >= 15 is 0 Å². The van der Waals surface area contributed by atoms with Crippen LogP contribution in [0.15, 0.2) is 48.5 Å². The van der Waals surface area contributed by atoms with Crippen molar-refractivity contribution < 1.29 is 13.9 Å². The summed E-state index contributed by atoms with van der Waals surface area (Å²) in [5.41, 5.74) is 7.75. The van der Waals surface area contributed by atoms with Gasteiger partial charge in [-0.1, -0.05) is 29.8 Å². The van der Waals surface area contributed by atoms with Gasteiger partial charge < -0.3 is 10.1 Å². The fourth-order valence-corrected chi connectivity index (χ4v) is 4.39. The van der Waals surface area contributed by atoms with Crippen LogP contribution in [0.5, 0.6) is 5.75 Å². The van der Waals surface area contributed by atoms with Crippen LogP contribution in [-0.4, -0.2) is 11.5 Å². The fraction of sp³-hybridized carbons (Fsp3) is 0.296. The van der Waals surface area contributed by atoms with Gasteiger partial charge >= 0.3 is 0 Å². The van der Waals surface area contributed by atoms with Gasteiger partial charge in [-0.25, -0.2) is 4.39 Å². The zero-order valence-corrected chi connectivity index (χ0v) is 18.7. The molecule has 3 aromatic carbocycles. The van der Waals surface area contributed by atoms with Crippen LogP contribution < -0.4 is 10.1 Å². The Kier molecular flexibility index (Phi) is 5.34. The molecule has 0 aromatic heterocycles. The van der Waals surface area contributed by atoms with E-state index in [4.69, 9.17) is 4.74 Å². The summed E-state index contributed by atoms with van der Waals surface area (Å²) >= 11 is 0. The van der Waals surface area contributed by atoms with E-state index in [2.05, 4.69) is 57.3 Å². The van der Waals surface area contributed by atoms with E-state index < -0.39 is 0 Å². The Morgan fingerprint density at radius 2 is 1.65 bits per heavy atom. The third-order valence-electron chi connectivity index (χ3n) is 5.62. The number of rotatable bonds is 4. The molecule has 3 aromatic rings. The molecular formula is C27H28FNO2. The van der Waals surface area contributed by atoms with Crippen molar-refractivity contribution >= 4 is 11.6 Å². The second-order valence-corrected chi connectivity index (χ2v) is 9.20. The highest BCUT2D eigenvalue weighted by Crippen LogP contribution is 2.46. The van der Waals surface area contributed by atoms with Gasteiger partial charge in [0.2, 0.25) is 5.91 Å². The first-order chi connectivity index (χ1) is 14.6. The normalized spacial score (nSPS) is 14.1. The largest absolute Gasteiger partial charge is 0.487 e. The third-order valence-corrected chi connectivity index (χ3v) is 5.62. The molecule has 4 heteroatoms. The Morgan fingerprint density at radius 3 is 2.35 bits per heavy atom. The highest BCUT2D eigenvalue weighted by atomic mass is 19.1. The van der Waals surface area contributed by atoms with Gasteiger partial charge in [-0.3, -0.25) is 4.79 Å². The van der Waals surface area contributed by atoms with Crippen molar-refractivity contribution in [1.29, 1.82) is 0 Å². The number of nitrogens with one attached hydrogen (secondary N) is 1. The number of hydrogen-bond donors (Lipinski definition) is 1.